The largest absolute Gasteiger partial charge is 0.471 e. The molecule has 3 aromatic carbocycles. The van der Waals surface area contributed by atoms with Gasteiger partial charge in [0.2, 0.25) is 0 Å². The fourth-order valence-corrected chi connectivity index (χ4v) is 5.70. The predicted molar refractivity (Wildman–Crippen MR) is 147 cm³/mol. The van der Waals surface area contributed by atoms with Crippen molar-refractivity contribution in [1.29, 1.82) is 0 Å². The molecule has 8 heteroatoms. The lowest BCUT2D eigenvalue weighted by molar-refractivity contribution is -0.171. The van der Waals surface area contributed by atoms with Crippen LogP contribution in [0.5, 0.6) is 0 Å². The van der Waals surface area contributed by atoms with Crippen LogP contribution in [-0.4, -0.2) is 17.9 Å². The van der Waals surface area contributed by atoms with Gasteiger partial charge in [0, 0.05) is 23.1 Å². The summed E-state index contributed by atoms with van der Waals surface area (Å²) < 4.78 is 42.1. The Bertz CT molecular complexity index is 1460. The molecule has 1 heterocycles. The van der Waals surface area contributed by atoms with Crippen LogP contribution in [0.25, 0.3) is 0 Å². The maximum atomic E-state index is 14.0. The minimum atomic E-state index is -5.17. The van der Waals surface area contributed by atoms with E-state index in [1.807, 2.05) is 30.3 Å². The van der Waals surface area contributed by atoms with Crippen molar-refractivity contribution in [1.82, 2.24) is 0 Å². The van der Waals surface area contributed by atoms with E-state index >= 15 is 0 Å². The predicted octanol–water partition coefficient (Wildman–Crippen LogP) is 7.96. The maximum Gasteiger partial charge on any atom is 0.471 e. The fourth-order valence-electron chi connectivity index (χ4n) is 5.46. The number of hydrogen-bond donors (Lipinski definition) is 1. The number of carbonyl (C=O) groups excluding carboxylic acids is 2. The number of allylic oxidation sites excluding steroid dienone is 1. The second-order valence-corrected chi connectivity index (χ2v) is 11.4. The molecule has 3 atom stereocenters. The van der Waals surface area contributed by atoms with Crippen LogP contribution >= 0.6 is 11.6 Å². The zero-order chi connectivity index (χ0) is 28.1. The first-order valence-electron chi connectivity index (χ1n) is 12.7. The lowest BCUT2D eigenvalue weighted by Crippen LogP contribution is -2.47. The molecule has 4 nitrogen and oxygen atoms in total. The van der Waals surface area contributed by atoms with Gasteiger partial charge in [0.15, 0.2) is 0 Å². The summed E-state index contributed by atoms with van der Waals surface area (Å²) in [6.07, 6.45) is -3.19. The average Bonchev–Trinajstić information content (AvgIpc) is 3.02. The van der Waals surface area contributed by atoms with E-state index in [1.165, 1.54) is 6.07 Å². The lowest BCUT2D eigenvalue weighted by Gasteiger charge is -2.38. The molecule has 5 rings (SSSR count). The van der Waals surface area contributed by atoms with Gasteiger partial charge in [0.1, 0.15) is 5.78 Å². The minimum Gasteiger partial charge on any atom is -0.357 e. The normalized spacial score (nSPS) is 21.3. The second-order valence-electron chi connectivity index (χ2n) is 11.0. The number of Topliss-reactive ketones (excluding diaryl/α,β-unsaturated/α-hetero) is 1. The van der Waals surface area contributed by atoms with Crippen LogP contribution in [0.15, 0.2) is 84.6 Å². The third-order valence-electron chi connectivity index (χ3n) is 7.41. The van der Waals surface area contributed by atoms with Crippen molar-refractivity contribution in [2.24, 2.45) is 5.92 Å². The standard InChI is InChI=1S/C31H28ClF3N2O2/c1-30(2,3)20-14-12-18(13-15-20)19-16-24-27(26(38)17-19)28(21-8-4-5-9-22(21)32)37(29(39)31(33,34)35)25-11-7-6-10-23(25)36-24/h4-16,19,27-28,36H,17H2,1-3H3/t19-,27+,28-/m0/s1. The first-order chi connectivity index (χ1) is 18.4. The van der Waals surface area contributed by atoms with Crippen LogP contribution < -0.4 is 10.2 Å². The summed E-state index contributed by atoms with van der Waals surface area (Å²) >= 11 is 6.51. The molecule has 1 aliphatic heterocycles. The summed E-state index contributed by atoms with van der Waals surface area (Å²) in [5.41, 5.74) is 3.10. The Labute approximate surface area is 230 Å². The van der Waals surface area contributed by atoms with Gasteiger partial charge in [-0.15, -0.1) is 0 Å². The molecule has 1 N–H and O–H groups in total. The second kappa shape index (κ2) is 9.87. The number of ketones is 1. The van der Waals surface area contributed by atoms with Crippen molar-refractivity contribution < 1.29 is 22.8 Å². The van der Waals surface area contributed by atoms with E-state index in [0.29, 0.717) is 16.3 Å². The van der Waals surface area contributed by atoms with Gasteiger partial charge in [-0.2, -0.15) is 13.2 Å². The Morgan fingerprint density at radius 3 is 2.23 bits per heavy atom. The molecule has 2 aliphatic rings. The van der Waals surface area contributed by atoms with E-state index in [2.05, 4.69) is 26.1 Å². The Kier molecular flexibility index (Phi) is 6.83. The van der Waals surface area contributed by atoms with Crippen molar-refractivity contribution in [2.45, 2.75) is 50.7 Å². The van der Waals surface area contributed by atoms with Crippen molar-refractivity contribution in [2.75, 3.05) is 10.2 Å². The molecule has 0 unspecified atom stereocenters. The molecule has 0 spiro atoms. The third-order valence-corrected chi connectivity index (χ3v) is 7.75. The number of fused-ring (bicyclic) bond motifs is 2. The molecule has 0 saturated heterocycles. The Hall–Kier alpha value is -3.58. The van der Waals surface area contributed by atoms with Crippen molar-refractivity contribution in [3.63, 3.8) is 0 Å². The summed E-state index contributed by atoms with van der Waals surface area (Å²) in [7, 11) is 0. The number of halogens is 4. The minimum absolute atomic E-state index is 0.0268. The van der Waals surface area contributed by atoms with Gasteiger partial charge in [0.25, 0.3) is 0 Å². The van der Waals surface area contributed by atoms with Crippen LogP contribution in [0.3, 0.4) is 0 Å². The van der Waals surface area contributed by atoms with Gasteiger partial charge in [-0.1, -0.05) is 93.0 Å². The maximum absolute atomic E-state index is 14.0. The van der Waals surface area contributed by atoms with E-state index in [-0.39, 0.29) is 39.8 Å². The van der Waals surface area contributed by atoms with Gasteiger partial charge in [-0.25, -0.2) is 0 Å². The molecule has 202 valence electrons. The van der Waals surface area contributed by atoms with Crippen molar-refractivity contribution in [3.8, 4) is 0 Å². The number of carbonyl (C=O) groups is 2. The fraction of sp³-hybridized carbons (Fsp3) is 0.290. The molecule has 0 fully saturated rings. The highest BCUT2D eigenvalue weighted by molar-refractivity contribution is 6.31. The molecular weight excluding hydrogens is 525 g/mol. The zero-order valence-electron chi connectivity index (χ0n) is 21.7. The molecule has 1 amide bonds. The quantitative estimate of drug-likeness (QED) is 0.351. The third kappa shape index (κ3) is 5.08. The average molecular weight is 553 g/mol. The first kappa shape index (κ1) is 27.0. The summed E-state index contributed by atoms with van der Waals surface area (Å²) in [5.74, 6) is -3.69. The molecule has 39 heavy (non-hydrogen) atoms. The number of anilines is 2. The number of amides is 1. The molecule has 1 aliphatic carbocycles. The van der Waals surface area contributed by atoms with E-state index in [4.69, 9.17) is 11.6 Å². The van der Waals surface area contributed by atoms with E-state index in [1.54, 1.807) is 42.5 Å². The van der Waals surface area contributed by atoms with Gasteiger partial charge >= 0.3 is 12.1 Å². The molecule has 0 radical (unpaired) electrons. The number of para-hydroxylation sites is 2. The van der Waals surface area contributed by atoms with Crippen LogP contribution in [-0.2, 0) is 15.0 Å². The van der Waals surface area contributed by atoms with E-state index in [0.717, 1.165) is 11.1 Å². The first-order valence-corrected chi connectivity index (χ1v) is 13.1. The van der Waals surface area contributed by atoms with E-state index in [9.17, 15) is 22.8 Å². The number of nitrogens with one attached hydrogen (secondary N) is 1. The van der Waals surface area contributed by atoms with Gasteiger partial charge < -0.3 is 5.32 Å². The SMILES string of the molecule is CC(C)(C)c1ccc([C@H]2C=C3Nc4ccccc4N(C(=O)C(F)(F)F)[C@@H](c4ccccc4Cl)[C@H]3C(=O)C2)cc1. The van der Waals surface area contributed by atoms with Crippen LogP contribution in [0.2, 0.25) is 5.02 Å². The van der Waals surface area contributed by atoms with Crippen LogP contribution in [0.4, 0.5) is 24.5 Å². The molecule has 0 aromatic heterocycles. The van der Waals surface area contributed by atoms with Gasteiger partial charge in [-0.05, 0) is 40.3 Å². The molecule has 0 bridgehead atoms. The summed E-state index contributed by atoms with van der Waals surface area (Å²) in [4.78, 5) is 27.6. The molecule has 0 saturated carbocycles. The number of hydrogen-bond acceptors (Lipinski definition) is 3. The number of nitrogens with zero attached hydrogens (tertiary/aromatic N) is 1. The lowest BCUT2D eigenvalue weighted by atomic mass is 9.75. The Balaban J connectivity index is 1.69. The van der Waals surface area contributed by atoms with Gasteiger partial charge in [-0.3, -0.25) is 14.5 Å². The number of rotatable bonds is 2. The van der Waals surface area contributed by atoms with Crippen LogP contribution in [0.1, 0.15) is 55.8 Å². The van der Waals surface area contributed by atoms with Crippen LogP contribution in [0, 0.1) is 5.92 Å². The zero-order valence-corrected chi connectivity index (χ0v) is 22.5. The summed E-state index contributed by atoms with van der Waals surface area (Å²) in [5, 5.41) is 3.39. The smallest absolute Gasteiger partial charge is 0.357 e. The number of benzene rings is 3. The Morgan fingerprint density at radius 1 is 0.949 bits per heavy atom. The molecular formula is C31H28ClF3N2O2. The monoisotopic (exact) mass is 552 g/mol. The topological polar surface area (TPSA) is 49.4 Å². The van der Waals surface area contributed by atoms with Crippen molar-refractivity contribution in [3.05, 3.63) is 106 Å². The van der Waals surface area contributed by atoms with Gasteiger partial charge in [0.05, 0.1) is 23.3 Å². The molecule has 3 aromatic rings. The highest BCUT2D eigenvalue weighted by Crippen LogP contribution is 2.50. The van der Waals surface area contributed by atoms with E-state index < -0.39 is 24.0 Å². The summed E-state index contributed by atoms with van der Waals surface area (Å²) in [6.45, 7) is 6.36. The van der Waals surface area contributed by atoms with Crippen molar-refractivity contribution >= 4 is 34.7 Å². The summed E-state index contributed by atoms with van der Waals surface area (Å²) in [6, 6.07) is 19.4. The Morgan fingerprint density at radius 2 is 1.59 bits per heavy atom. The highest BCUT2D eigenvalue weighted by atomic mass is 35.5. The highest BCUT2D eigenvalue weighted by Gasteiger charge is 2.52. The number of alkyl halides is 3.